The first-order valence-electron chi connectivity index (χ1n) is 8.58. The van der Waals surface area contributed by atoms with Gasteiger partial charge in [-0.15, -0.1) is 0 Å². The van der Waals surface area contributed by atoms with Gasteiger partial charge in [0.2, 0.25) is 0 Å². The first-order chi connectivity index (χ1) is 13.1. The van der Waals surface area contributed by atoms with Gasteiger partial charge in [-0.2, -0.15) is 0 Å². The molecule has 0 aliphatic carbocycles. The molecule has 0 amide bonds. The third kappa shape index (κ3) is 6.31. The Morgan fingerprint density at radius 3 is 2.15 bits per heavy atom. The summed E-state index contributed by atoms with van der Waals surface area (Å²) < 4.78 is 0. The highest BCUT2D eigenvalue weighted by atomic mass is 35.5. The van der Waals surface area contributed by atoms with Crippen LogP contribution in [0.1, 0.15) is 12.5 Å². The molecular weight excluding hydrogens is 390 g/mol. The zero-order valence-corrected chi connectivity index (χ0v) is 17.6. The van der Waals surface area contributed by atoms with Crippen LogP contribution in [0.5, 0.6) is 0 Å². The lowest BCUT2D eigenvalue weighted by Gasteiger charge is -2.08. The summed E-state index contributed by atoms with van der Waals surface area (Å²) in [4.78, 5) is 7.21. The SMILES string of the molecule is CC(=C\Sc1ccc(Cl)cc1)/C(=N/c1ccccc1)Sc1ccc(C)cc1. The molecule has 0 N–H and O–H groups in total. The molecule has 0 heterocycles. The Bertz CT molecular complexity index is 930. The maximum atomic E-state index is 5.97. The van der Waals surface area contributed by atoms with E-state index in [1.165, 1.54) is 10.5 Å². The normalized spacial score (nSPS) is 12.3. The third-order valence-corrected chi connectivity index (χ3v) is 6.13. The van der Waals surface area contributed by atoms with Crippen molar-refractivity contribution in [3.63, 3.8) is 0 Å². The summed E-state index contributed by atoms with van der Waals surface area (Å²) in [5.41, 5.74) is 3.34. The number of rotatable bonds is 5. The Morgan fingerprint density at radius 2 is 1.48 bits per heavy atom. The smallest absolute Gasteiger partial charge is 0.105 e. The Morgan fingerprint density at radius 1 is 0.852 bits per heavy atom. The molecule has 0 unspecified atom stereocenters. The van der Waals surface area contributed by atoms with Crippen molar-refractivity contribution in [2.24, 2.45) is 4.99 Å². The van der Waals surface area contributed by atoms with E-state index in [2.05, 4.69) is 43.5 Å². The average molecular weight is 410 g/mol. The van der Waals surface area contributed by atoms with Crippen LogP contribution >= 0.6 is 35.1 Å². The third-order valence-electron chi connectivity index (χ3n) is 3.75. The van der Waals surface area contributed by atoms with Crippen LogP contribution in [0.25, 0.3) is 0 Å². The van der Waals surface area contributed by atoms with E-state index < -0.39 is 0 Å². The van der Waals surface area contributed by atoms with Crippen molar-refractivity contribution in [3.8, 4) is 0 Å². The van der Waals surface area contributed by atoms with Crippen molar-refractivity contribution in [2.75, 3.05) is 0 Å². The summed E-state index contributed by atoms with van der Waals surface area (Å²) in [5, 5.41) is 3.89. The molecule has 0 spiro atoms. The number of nitrogens with zero attached hydrogens (tertiary/aromatic N) is 1. The van der Waals surface area contributed by atoms with Crippen molar-refractivity contribution in [3.05, 3.63) is 100 Å². The molecule has 0 aliphatic heterocycles. The molecule has 0 aliphatic rings. The highest BCUT2D eigenvalue weighted by molar-refractivity contribution is 8.14. The van der Waals surface area contributed by atoms with E-state index in [4.69, 9.17) is 16.6 Å². The summed E-state index contributed by atoms with van der Waals surface area (Å²) in [5.74, 6) is 0. The van der Waals surface area contributed by atoms with Crippen LogP contribution in [0.15, 0.2) is 105 Å². The average Bonchev–Trinajstić information content (AvgIpc) is 2.69. The molecule has 0 fully saturated rings. The van der Waals surface area contributed by atoms with Gasteiger partial charge in [-0.05, 0) is 73.4 Å². The molecule has 0 aromatic heterocycles. The largest absolute Gasteiger partial charge is 0.241 e. The second-order valence-corrected chi connectivity index (χ2v) is 8.48. The second-order valence-electron chi connectivity index (χ2n) is 6.04. The van der Waals surface area contributed by atoms with Gasteiger partial charge in [0.05, 0.1) is 5.69 Å². The van der Waals surface area contributed by atoms with Crippen molar-refractivity contribution in [2.45, 2.75) is 23.6 Å². The molecule has 0 bridgehead atoms. The lowest BCUT2D eigenvalue weighted by molar-refractivity contribution is 1.38. The summed E-state index contributed by atoms with van der Waals surface area (Å²) in [7, 11) is 0. The summed E-state index contributed by atoms with van der Waals surface area (Å²) in [6.45, 7) is 4.20. The van der Waals surface area contributed by atoms with E-state index >= 15 is 0 Å². The molecule has 0 atom stereocenters. The fourth-order valence-corrected chi connectivity index (χ4v) is 4.03. The number of hydrogen-bond acceptors (Lipinski definition) is 3. The molecular formula is C23H20ClNS2. The van der Waals surface area contributed by atoms with Crippen molar-refractivity contribution in [1.29, 1.82) is 0 Å². The summed E-state index contributed by atoms with van der Waals surface area (Å²) in [6.07, 6.45) is 0. The monoisotopic (exact) mass is 409 g/mol. The predicted molar refractivity (Wildman–Crippen MR) is 122 cm³/mol. The molecule has 3 aromatic carbocycles. The number of hydrogen-bond donors (Lipinski definition) is 0. The van der Waals surface area contributed by atoms with Crippen LogP contribution in [0.4, 0.5) is 5.69 Å². The van der Waals surface area contributed by atoms with Crippen LogP contribution < -0.4 is 0 Å². The second kappa shape index (κ2) is 9.84. The molecule has 0 saturated carbocycles. The molecule has 3 rings (SSSR count). The zero-order chi connectivity index (χ0) is 19.1. The van der Waals surface area contributed by atoms with Crippen LogP contribution in [0.3, 0.4) is 0 Å². The number of para-hydroxylation sites is 1. The highest BCUT2D eigenvalue weighted by Crippen LogP contribution is 2.29. The number of benzene rings is 3. The first kappa shape index (κ1) is 19.8. The highest BCUT2D eigenvalue weighted by Gasteiger charge is 2.07. The molecule has 136 valence electrons. The van der Waals surface area contributed by atoms with Gasteiger partial charge in [0, 0.05) is 14.8 Å². The minimum atomic E-state index is 0.751. The van der Waals surface area contributed by atoms with Crippen LogP contribution in [0.2, 0.25) is 5.02 Å². The van der Waals surface area contributed by atoms with Crippen molar-refractivity contribution < 1.29 is 0 Å². The van der Waals surface area contributed by atoms with E-state index in [0.717, 1.165) is 26.2 Å². The maximum absolute atomic E-state index is 5.97. The van der Waals surface area contributed by atoms with Gasteiger partial charge in [0.25, 0.3) is 0 Å². The lowest BCUT2D eigenvalue weighted by Crippen LogP contribution is -1.94. The molecule has 0 radical (unpaired) electrons. The van der Waals surface area contributed by atoms with Crippen LogP contribution in [-0.2, 0) is 0 Å². The van der Waals surface area contributed by atoms with E-state index in [1.807, 2.05) is 54.6 Å². The molecule has 1 nitrogen and oxygen atoms in total. The quantitative estimate of drug-likeness (QED) is 0.239. The number of thioether (sulfide) groups is 2. The minimum Gasteiger partial charge on any atom is -0.241 e. The molecule has 3 aromatic rings. The van der Waals surface area contributed by atoms with Gasteiger partial charge in [0.15, 0.2) is 0 Å². The van der Waals surface area contributed by atoms with E-state index in [1.54, 1.807) is 23.5 Å². The van der Waals surface area contributed by atoms with Crippen molar-refractivity contribution in [1.82, 2.24) is 0 Å². The molecule has 4 heteroatoms. The minimum absolute atomic E-state index is 0.751. The van der Waals surface area contributed by atoms with Gasteiger partial charge in [-0.1, -0.05) is 71.0 Å². The fourth-order valence-electron chi connectivity index (χ4n) is 2.25. The van der Waals surface area contributed by atoms with Crippen LogP contribution in [-0.4, -0.2) is 5.04 Å². The van der Waals surface area contributed by atoms with Gasteiger partial charge >= 0.3 is 0 Å². The zero-order valence-electron chi connectivity index (χ0n) is 15.2. The number of aryl methyl sites for hydroxylation is 1. The lowest BCUT2D eigenvalue weighted by atomic mass is 10.2. The van der Waals surface area contributed by atoms with Gasteiger partial charge in [-0.25, -0.2) is 4.99 Å². The fraction of sp³-hybridized carbons (Fsp3) is 0.0870. The Balaban J connectivity index is 1.85. The van der Waals surface area contributed by atoms with Crippen LogP contribution in [0, 0.1) is 6.92 Å². The topological polar surface area (TPSA) is 12.4 Å². The maximum Gasteiger partial charge on any atom is 0.105 e. The molecule has 27 heavy (non-hydrogen) atoms. The Kier molecular flexibility index (Phi) is 7.22. The Labute approximate surface area is 174 Å². The van der Waals surface area contributed by atoms with Gasteiger partial charge in [0.1, 0.15) is 5.04 Å². The van der Waals surface area contributed by atoms with Crippen molar-refractivity contribution >= 4 is 45.9 Å². The number of aliphatic imine (C=N–C) groups is 1. The first-order valence-corrected chi connectivity index (χ1v) is 10.7. The van der Waals surface area contributed by atoms with E-state index in [9.17, 15) is 0 Å². The molecule has 0 saturated heterocycles. The van der Waals surface area contributed by atoms with E-state index in [0.29, 0.717) is 0 Å². The standard InChI is InChI=1S/C23H20ClNS2/c1-17-8-12-22(13-9-17)27-23(25-20-6-4-3-5-7-20)18(2)16-26-21-14-10-19(24)11-15-21/h3-16H,1-2H3/b18-16+,25-23-. The van der Waals surface area contributed by atoms with E-state index in [-0.39, 0.29) is 0 Å². The van der Waals surface area contributed by atoms with Gasteiger partial charge in [-0.3, -0.25) is 0 Å². The number of halogens is 1. The Hall–Kier alpha value is -1.94. The van der Waals surface area contributed by atoms with Gasteiger partial charge < -0.3 is 0 Å². The summed E-state index contributed by atoms with van der Waals surface area (Å²) >= 11 is 9.33. The predicted octanol–water partition coefficient (Wildman–Crippen LogP) is 8.17. The summed E-state index contributed by atoms with van der Waals surface area (Å²) in [6, 6.07) is 26.5.